The summed E-state index contributed by atoms with van der Waals surface area (Å²) in [4.78, 5) is 24.3. The largest absolute Gasteiger partial charge is 0.455 e. The summed E-state index contributed by atoms with van der Waals surface area (Å²) in [5, 5.41) is 4.41. The summed E-state index contributed by atoms with van der Waals surface area (Å²) >= 11 is 0. The van der Waals surface area contributed by atoms with E-state index in [1.54, 1.807) is 0 Å². The standard InChI is InChI=1S/C20H30N2O3/c1-19(2)14-6-7-20(19,3)16(10-14)21-22-17(23)11-25-18(24)15-9-12-4-5-13(15)8-12/h12-15H,4-11H2,1-3H3,(H,22,23)/t12-,13-,14-,15-,20+/m0/s1. The molecule has 5 nitrogen and oxygen atoms in total. The zero-order valence-corrected chi connectivity index (χ0v) is 15.6. The maximum Gasteiger partial charge on any atom is 0.309 e. The Morgan fingerprint density at radius 1 is 1.20 bits per heavy atom. The molecule has 0 unspecified atom stereocenters. The third-order valence-corrected chi connectivity index (χ3v) is 8.21. The zero-order valence-electron chi connectivity index (χ0n) is 15.6. The average molecular weight is 346 g/mol. The number of hydrogen-bond donors (Lipinski definition) is 1. The van der Waals surface area contributed by atoms with Crippen molar-refractivity contribution in [1.29, 1.82) is 0 Å². The molecule has 0 heterocycles. The minimum absolute atomic E-state index is 0.0168. The molecule has 4 fully saturated rings. The lowest BCUT2D eigenvalue weighted by Crippen LogP contribution is -2.35. The van der Waals surface area contributed by atoms with E-state index in [4.69, 9.17) is 4.74 Å². The van der Waals surface area contributed by atoms with E-state index in [1.165, 1.54) is 12.8 Å². The van der Waals surface area contributed by atoms with Crippen LogP contribution >= 0.6 is 0 Å². The van der Waals surface area contributed by atoms with E-state index < -0.39 is 0 Å². The monoisotopic (exact) mass is 346 g/mol. The van der Waals surface area contributed by atoms with E-state index in [0.717, 1.165) is 37.8 Å². The summed E-state index contributed by atoms with van der Waals surface area (Å²) in [6, 6.07) is 0. The van der Waals surface area contributed by atoms with Gasteiger partial charge in [-0.3, -0.25) is 9.59 Å². The molecule has 0 aromatic carbocycles. The molecule has 4 bridgehead atoms. The molecule has 5 heteroatoms. The van der Waals surface area contributed by atoms with Gasteiger partial charge < -0.3 is 4.74 Å². The third kappa shape index (κ3) is 2.61. The topological polar surface area (TPSA) is 67.8 Å². The van der Waals surface area contributed by atoms with E-state index >= 15 is 0 Å². The highest BCUT2D eigenvalue weighted by atomic mass is 16.5. The molecule has 138 valence electrons. The van der Waals surface area contributed by atoms with Crippen molar-refractivity contribution < 1.29 is 14.3 Å². The summed E-state index contributed by atoms with van der Waals surface area (Å²) in [5.74, 6) is 1.34. The lowest BCUT2D eigenvalue weighted by atomic mass is 9.70. The Balaban J connectivity index is 1.28. The molecule has 4 rings (SSSR count). The number of nitrogens with zero attached hydrogens (tertiary/aromatic N) is 1. The van der Waals surface area contributed by atoms with Crippen molar-refractivity contribution in [3.05, 3.63) is 0 Å². The number of amides is 1. The fourth-order valence-corrected chi connectivity index (χ4v) is 6.04. The van der Waals surface area contributed by atoms with Gasteiger partial charge in [-0.15, -0.1) is 0 Å². The second-order valence-corrected chi connectivity index (χ2v) is 9.48. The number of carbonyl (C=O) groups excluding carboxylic acids is 2. The van der Waals surface area contributed by atoms with Crippen LogP contribution in [-0.4, -0.2) is 24.2 Å². The fraction of sp³-hybridized carbons (Fsp3) is 0.850. The van der Waals surface area contributed by atoms with Crippen LogP contribution in [0.25, 0.3) is 0 Å². The second kappa shape index (κ2) is 5.82. The first kappa shape index (κ1) is 17.0. The van der Waals surface area contributed by atoms with Crippen LogP contribution in [0.5, 0.6) is 0 Å². The van der Waals surface area contributed by atoms with E-state index in [-0.39, 0.29) is 35.2 Å². The minimum Gasteiger partial charge on any atom is -0.455 e. The molecular formula is C20H30N2O3. The van der Waals surface area contributed by atoms with Crippen LogP contribution in [-0.2, 0) is 14.3 Å². The predicted molar refractivity (Wildman–Crippen MR) is 94.7 cm³/mol. The smallest absolute Gasteiger partial charge is 0.309 e. The van der Waals surface area contributed by atoms with Gasteiger partial charge >= 0.3 is 5.97 Å². The number of carbonyl (C=O) groups is 2. The predicted octanol–water partition coefficient (Wildman–Crippen LogP) is 3.28. The number of nitrogens with one attached hydrogen (secondary N) is 1. The van der Waals surface area contributed by atoms with Crippen LogP contribution in [0.15, 0.2) is 5.10 Å². The van der Waals surface area contributed by atoms with Crippen molar-refractivity contribution in [2.24, 2.45) is 39.6 Å². The number of esters is 1. The van der Waals surface area contributed by atoms with Gasteiger partial charge in [0.15, 0.2) is 6.61 Å². The summed E-state index contributed by atoms with van der Waals surface area (Å²) in [7, 11) is 0. The van der Waals surface area contributed by atoms with Crippen molar-refractivity contribution in [2.75, 3.05) is 6.61 Å². The quantitative estimate of drug-likeness (QED) is 0.627. The molecule has 1 N–H and O–H groups in total. The Hall–Kier alpha value is -1.39. The van der Waals surface area contributed by atoms with Gasteiger partial charge in [-0.05, 0) is 61.7 Å². The highest BCUT2D eigenvalue weighted by Crippen LogP contribution is 2.63. The van der Waals surface area contributed by atoms with Gasteiger partial charge in [0.05, 0.1) is 5.92 Å². The molecule has 0 aromatic rings. The lowest BCUT2D eigenvalue weighted by Gasteiger charge is -2.34. The van der Waals surface area contributed by atoms with Crippen molar-refractivity contribution in [2.45, 2.75) is 65.7 Å². The number of rotatable bonds is 4. The third-order valence-electron chi connectivity index (χ3n) is 8.21. The van der Waals surface area contributed by atoms with Gasteiger partial charge in [-0.2, -0.15) is 5.10 Å². The summed E-state index contributed by atoms with van der Waals surface area (Å²) < 4.78 is 5.26. The summed E-state index contributed by atoms with van der Waals surface area (Å²) in [6.45, 7) is 6.67. The van der Waals surface area contributed by atoms with Gasteiger partial charge in [0, 0.05) is 11.1 Å². The highest BCUT2D eigenvalue weighted by molar-refractivity contribution is 5.95. The first-order chi connectivity index (χ1) is 11.8. The van der Waals surface area contributed by atoms with Gasteiger partial charge in [-0.25, -0.2) is 5.43 Å². The van der Waals surface area contributed by atoms with Crippen molar-refractivity contribution >= 4 is 17.6 Å². The van der Waals surface area contributed by atoms with Crippen molar-refractivity contribution in [3.63, 3.8) is 0 Å². The maximum absolute atomic E-state index is 12.2. The average Bonchev–Trinajstić information content (AvgIpc) is 3.29. The Kier molecular flexibility index (Phi) is 3.97. The first-order valence-corrected chi connectivity index (χ1v) is 9.84. The Bertz CT molecular complexity index is 626. The number of fused-ring (bicyclic) bond motifs is 4. The lowest BCUT2D eigenvalue weighted by molar-refractivity contribution is -0.154. The van der Waals surface area contributed by atoms with Gasteiger partial charge in [0.1, 0.15) is 0 Å². The van der Waals surface area contributed by atoms with E-state index in [1.807, 2.05) is 0 Å². The van der Waals surface area contributed by atoms with E-state index in [0.29, 0.717) is 17.8 Å². The molecule has 0 radical (unpaired) electrons. The van der Waals surface area contributed by atoms with Crippen LogP contribution in [0.2, 0.25) is 0 Å². The minimum atomic E-state index is -0.326. The maximum atomic E-state index is 12.2. The molecule has 0 aromatic heterocycles. The molecule has 0 saturated heterocycles. The molecule has 4 aliphatic rings. The fourth-order valence-electron chi connectivity index (χ4n) is 6.04. The SMILES string of the molecule is CC1(C)[C@H]2CC[C@]1(C)C(=NNC(=O)COC(=O)[C@H]1C[C@H]3CC[C@H]1C3)C2. The molecule has 4 saturated carbocycles. The second-order valence-electron chi connectivity index (χ2n) is 9.48. The van der Waals surface area contributed by atoms with E-state index in [2.05, 4.69) is 31.3 Å². The summed E-state index contributed by atoms with van der Waals surface area (Å²) in [5.41, 5.74) is 4.04. The number of hydrogen-bond acceptors (Lipinski definition) is 4. The van der Waals surface area contributed by atoms with Crippen LogP contribution in [0.1, 0.15) is 65.7 Å². The number of ether oxygens (including phenoxy) is 1. The molecule has 0 aliphatic heterocycles. The zero-order chi connectivity index (χ0) is 17.8. The molecule has 25 heavy (non-hydrogen) atoms. The van der Waals surface area contributed by atoms with Crippen LogP contribution in [0.3, 0.4) is 0 Å². The normalized spacial score (nSPS) is 42.1. The van der Waals surface area contributed by atoms with Crippen LogP contribution in [0.4, 0.5) is 0 Å². The summed E-state index contributed by atoms with van der Waals surface area (Å²) in [6.07, 6.45) is 7.85. The van der Waals surface area contributed by atoms with Crippen molar-refractivity contribution in [3.8, 4) is 0 Å². The molecule has 4 aliphatic carbocycles. The van der Waals surface area contributed by atoms with Gasteiger partial charge in [-0.1, -0.05) is 27.2 Å². The Morgan fingerprint density at radius 2 is 2.00 bits per heavy atom. The van der Waals surface area contributed by atoms with Crippen LogP contribution < -0.4 is 5.43 Å². The molecule has 1 amide bonds. The van der Waals surface area contributed by atoms with Gasteiger partial charge in [0.2, 0.25) is 0 Å². The van der Waals surface area contributed by atoms with Gasteiger partial charge in [0.25, 0.3) is 5.91 Å². The number of hydrazone groups is 1. The first-order valence-electron chi connectivity index (χ1n) is 9.84. The molecule has 5 atom stereocenters. The van der Waals surface area contributed by atoms with Crippen molar-refractivity contribution in [1.82, 2.24) is 5.43 Å². The molecule has 0 spiro atoms. The molecular weight excluding hydrogens is 316 g/mol. The van der Waals surface area contributed by atoms with Crippen LogP contribution in [0, 0.1) is 34.5 Å². The Labute approximate surface area is 150 Å². The Morgan fingerprint density at radius 3 is 2.56 bits per heavy atom. The highest BCUT2D eigenvalue weighted by Gasteiger charge is 2.60. The van der Waals surface area contributed by atoms with E-state index in [9.17, 15) is 9.59 Å².